The van der Waals surface area contributed by atoms with Crippen molar-refractivity contribution in [3.63, 3.8) is 0 Å². The highest BCUT2D eigenvalue weighted by Crippen LogP contribution is 2.23. The largest absolute Gasteiger partial charge is 0.490 e. The number of hydrogen-bond donors (Lipinski definition) is 1. The molecule has 2 heterocycles. The normalized spacial score (nSPS) is 24.9. The third-order valence-corrected chi connectivity index (χ3v) is 5.04. The lowest BCUT2D eigenvalue weighted by Crippen LogP contribution is -2.43. The van der Waals surface area contributed by atoms with Crippen molar-refractivity contribution >= 4 is 15.9 Å². The summed E-state index contributed by atoms with van der Waals surface area (Å²) >= 11 is 3.50. The van der Waals surface area contributed by atoms with Crippen LogP contribution in [0.15, 0.2) is 28.7 Å². The molecule has 2 saturated heterocycles. The lowest BCUT2D eigenvalue weighted by molar-refractivity contribution is 0.0879. The Kier molecular flexibility index (Phi) is 5.55. The van der Waals surface area contributed by atoms with Crippen LogP contribution >= 0.6 is 15.9 Å². The second kappa shape index (κ2) is 7.61. The minimum absolute atomic E-state index is 0.375. The van der Waals surface area contributed by atoms with Crippen LogP contribution in [0.5, 0.6) is 5.75 Å². The molecule has 21 heavy (non-hydrogen) atoms. The number of hydrogen-bond acceptors (Lipinski definition) is 3. The second-order valence-corrected chi connectivity index (χ2v) is 7.20. The molecule has 3 nitrogen and oxygen atoms in total. The zero-order valence-electron chi connectivity index (χ0n) is 12.6. The Morgan fingerprint density at radius 1 is 1.24 bits per heavy atom. The average Bonchev–Trinajstić information content (AvgIpc) is 2.50. The van der Waals surface area contributed by atoms with Crippen LogP contribution in [0, 0.1) is 5.92 Å². The van der Waals surface area contributed by atoms with Gasteiger partial charge in [-0.3, -0.25) is 0 Å². The van der Waals surface area contributed by atoms with Gasteiger partial charge in [-0.05, 0) is 62.9 Å². The zero-order chi connectivity index (χ0) is 14.5. The van der Waals surface area contributed by atoms with E-state index in [0.29, 0.717) is 6.10 Å². The standard InChI is InChI=1S/C17H25BrN2O/c18-15-4-1-5-17(11-15)21-16-6-9-20(10-7-16)13-14-3-2-8-19-12-14/h1,4-5,11,14,16,19H,2-3,6-10,12-13H2. The van der Waals surface area contributed by atoms with Gasteiger partial charge in [-0.2, -0.15) is 0 Å². The molecular formula is C17H25BrN2O. The molecule has 1 aromatic rings. The fraction of sp³-hybridized carbons (Fsp3) is 0.647. The first kappa shape index (κ1) is 15.3. The molecule has 1 atom stereocenters. The van der Waals surface area contributed by atoms with Crippen LogP contribution < -0.4 is 10.1 Å². The molecule has 0 amide bonds. The summed E-state index contributed by atoms with van der Waals surface area (Å²) in [5.74, 6) is 1.83. The highest BCUT2D eigenvalue weighted by Gasteiger charge is 2.23. The van der Waals surface area contributed by atoms with Gasteiger partial charge in [0, 0.05) is 24.1 Å². The van der Waals surface area contributed by atoms with Crippen molar-refractivity contribution in [2.75, 3.05) is 32.7 Å². The molecule has 116 valence electrons. The van der Waals surface area contributed by atoms with Crippen LogP contribution in [0.25, 0.3) is 0 Å². The Morgan fingerprint density at radius 3 is 2.81 bits per heavy atom. The van der Waals surface area contributed by atoms with E-state index in [-0.39, 0.29) is 0 Å². The molecule has 0 bridgehead atoms. The Bertz CT molecular complexity index is 440. The number of piperidine rings is 2. The van der Waals surface area contributed by atoms with Crippen LogP contribution in [0.1, 0.15) is 25.7 Å². The van der Waals surface area contributed by atoms with E-state index in [1.54, 1.807) is 0 Å². The van der Waals surface area contributed by atoms with E-state index in [4.69, 9.17) is 4.74 Å². The van der Waals surface area contributed by atoms with E-state index in [2.05, 4.69) is 32.2 Å². The number of rotatable bonds is 4. The Hall–Kier alpha value is -0.580. The van der Waals surface area contributed by atoms with Gasteiger partial charge < -0.3 is 15.0 Å². The minimum Gasteiger partial charge on any atom is -0.490 e. The Morgan fingerprint density at radius 2 is 2.10 bits per heavy atom. The first-order valence-corrected chi connectivity index (χ1v) is 8.94. The van der Waals surface area contributed by atoms with Gasteiger partial charge in [0.05, 0.1) is 0 Å². The van der Waals surface area contributed by atoms with Gasteiger partial charge in [-0.1, -0.05) is 22.0 Å². The molecular weight excluding hydrogens is 328 g/mol. The van der Waals surface area contributed by atoms with E-state index in [9.17, 15) is 0 Å². The van der Waals surface area contributed by atoms with Gasteiger partial charge in [0.15, 0.2) is 0 Å². The number of likely N-dealkylation sites (tertiary alicyclic amines) is 1. The fourth-order valence-corrected chi connectivity index (χ4v) is 3.77. The number of ether oxygens (including phenoxy) is 1. The number of nitrogens with one attached hydrogen (secondary N) is 1. The topological polar surface area (TPSA) is 24.5 Å². The van der Waals surface area contributed by atoms with Crippen LogP contribution in [-0.4, -0.2) is 43.7 Å². The highest BCUT2D eigenvalue weighted by molar-refractivity contribution is 9.10. The maximum absolute atomic E-state index is 6.11. The summed E-state index contributed by atoms with van der Waals surface area (Å²) in [4.78, 5) is 2.62. The SMILES string of the molecule is Brc1cccc(OC2CCN(CC3CCCNC3)CC2)c1. The smallest absolute Gasteiger partial charge is 0.120 e. The van der Waals surface area contributed by atoms with Gasteiger partial charge in [0.25, 0.3) is 0 Å². The first-order chi connectivity index (χ1) is 10.3. The fourth-order valence-electron chi connectivity index (χ4n) is 3.39. The van der Waals surface area contributed by atoms with Crippen molar-refractivity contribution in [1.29, 1.82) is 0 Å². The zero-order valence-corrected chi connectivity index (χ0v) is 14.1. The summed E-state index contributed by atoms with van der Waals surface area (Å²) < 4.78 is 7.19. The Labute approximate surface area is 136 Å². The molecule has 4 heteroatoms. The maximum Gasteiger partial charge on any atom is 0.120 e. The minimum atomic E-state index is 0.375. The van der Waals surface area contributed by atoms with Crippen molar-refractivity contribution in [3.05, 3.63) is 28.7 Å². The van der Waals surface area contributed by atoms with Crippen molar-refractivity contribution in [2.24, 2.45) is 5.92 Å². The maximum atomic E-state index is 6.11. The summed E-state index contributed by atoms with van der Waals surface area (Å²) in [5.41, 5.74) is 0. The summed E-state index contributed by atoms with van der Waals surface area (Å²) in [6.45, 7) is 6.02. The summed E-state index contributed by atoms with van der Waals surface area (Å²) in [5, 5.41) is 3.52. The van der Waals surface area contributed by atoms with Crippen LogP contribution in [0.4, 0.5) is 0 Å². The van der Waals surface area contributed by atoms with Gasteiger partial charge in [0.2, 0.25) is 0 Å². The molecule has 0 aliphatic carbocycles. The predicted octanol–water partition coefficient (Wildman–Crippen LogP) is 3.29. The van der Waals surface area contributed by atoms with Gasteiger partial charge in [-0.25, -0.2) is 0 Å². The molecule has 0 spiro atoms. The van der Waals surface area contributed by atoms with Gasteiger partial charge >= 0.3 is 0 Å². The molecule has 1 N–H and O–H groups in total. The molecule has 2 aliphatic rings. The molecule has 1 unspecified atom stereocenters. The van der Waals surface area contributed by atoms with Crippen LogP contribution in [-0.2, 0) is 0 Å². The average molecular weight is 353 g/mol. The van der Waals surface area contributed by atoms with E-state index < -0.39 is 0 Å². The molecule has 0 saturated carbocycles. The van der Waals surface area contributed by atoms with Crippen molar-refractivity contribution < 1.29 is 4.74 Å². The third-order valence-electron chi connectivity index (χ3n) is 4.55. The Balaban J connectivity index is 1.42. The summed E-state index contributed by atoms with van der Waals surface area (Å²) in [6, 6.07) is 8.17. The first-order valence-electron chi connectivity index (χ1n) is 8.15. The van der Waals surface area contributed by atoms with E-state index in [1.807, 2.05) is 18.2 Å². The van der Waals surface area contributed by atoms with E-state index in [1.165, 1.54) is 45.6 Å². The van der Waals surface area contributed by atoms with Crippen molar-refractivity contribution in [2.45, 2.75) is 31.8 Å². The molecule has 0 radical (unpaired) electrons. The number of nitrogens with zero attached hydrogens (tertiary/aromatic N) is 1. The lowest BCUT2D eigenvalue weighted by atomic mass is 9.97. The third kappa shape index (κ3) is 4.70. The number of halogens is 1. The van der Waals surface area contributed by atoms with Crippen LogP contribution in [0.2, 0.25) is 0 Å². The number of benzene rings is 1. The summed E-state index contributed by atoms with van der Waals surface area (Å²) in [7, 11) is 0. The van der Waals surface area contributed by atoms with Gasteiger partial charge in [0.1, 0.15) is 11.9 Å². The van der Waals surface area contributed by atoms with Crippen LogP contribution in [0.3, 0.4) is 0 Å². The molecule has 1 aromatic carbocycles. The van der Waals surface area contributed by atoms with Gasteiger partial charge in [-0.15, -0.1) is 0 Å². The van der Waals surface area contributed by atoms with Crippen molar-refractivity contribution in [3.8, 4) is 5.75 Å². The molecule has 0 aromatic heterocycles. The molecule has 2 fully saturated rings. The molecule has 3 rings (SSSR count). The lowest BCUT2D eigenvalue weighted by Gasteiger charge is -2.35. The van der Waals surface area contributed by atoms with E-state index >= 15 is 0 Å². The molecule has 2 aliphatic heterocycles. The second-order valence-electron chi connectivity index (χ2n) is 6.29. The monoisotopic (exact) mass is 352 g/mol. The van der Waals surface area contributed by atoms with Crippen molar-refractivity contribution in [1.82, 2.24) is 10.2 Å². The van der Waals surface area contributed by atoms with E-state index in [0.717, 1.165) is 29.0 Å². The highest BCUT2D eigenvalue weighted by atomic mass is 79.9. The quantitative estimate of drug-likeness (QED) is 0.899. The predicted molar refractivity (Wildman–Crippen MR) is 89.8 cm³/mol. The summed E-state index contributed by atoms with van der Waals surface area (Å²) in [6.07, 6.45) is 5.40.